The van der Waals surface area contributed by atoms with E-state index in [1.54, 1.807) is 30.4 Å². The number of carboxylic acid groups (broad SMARTS) is 1. The van der Waals surface area contributed by atoms with E-state index in [1.165, 1.54) is 0 Å². The first-order chi connectivity index (χ1) is 17.6. The smallest absolute Gasteiger partial charge is 0.347 e. The average molecular weight is 468 g/mol. The van der Waals surface area contributed by atoms with Gasteiger partial charge in [0.25, 0.3) is 0 Å². The summed E-state index contributed by atoms with van der Waals surface area (Å²) in [6, 6.07) is 30.0. The number of allylic oxidation sites excluding steroid dienone is 5. The number of hydrogen-bond acceptors (Lipinski definition) is 3. The van der Waals surface area contributed by atoms with Crippen LogP contribution in [0.15, 0.2) is 132 Å². The fraction of sp³-hybridized carbons (Fsp3) is 0. The van der Waals surface area contributed by atoms with E-state index in [0.717, 1.165) is 32.7 Å². The van der Waals surface area contributed by atoms with Gasteiger partial charge in [-0.3, -0.25) is 0 Å². The van der Waals surface area contributed by atoms with E-state index in [2.05, 4.69) is 24.3 Å². The summed E-state index contributed by atoms with van der Waals surface area (Å²) in [5.74, 6) is -0.407. The molecule has 4 aromatic carbocycles. The quantitative estimate of drug-likeness (QED) is 0.245. The lowest BCUT2D eigenvalue weighted by Gasteiger charge is -2.15. The third kappa shape index (κ3) is 4.72. The Balaban J connectivity index is 1.52. The summed E-state index contributed by atoms with van der Waals surface area (Å²) in [5.41, 5.74) is 1.95. The fourth-order valence-corrected chi connectivity index (χ4v) is 4.22. The Morgan fingerprint density at radius 3 is 1.64 bits per heavy atom. The van der Waals surface area contributed by atoms with Crippen LogP contribution in [-0.4, -0.2) is 11.1 Å². The van der Waals surface area contributed by atoms with E-state index in [9.17, 15) is 15.2 Å². The Kier molecular flexibility index (Phi) is 6.29. The second-order valence-electron chi connectivity index (χ2n) is 8.25. The lowest BCUT2D eigenvalue weighted by atomic mass is 10.0. The molecular weight excluding hydrogens is 446 g/mol. The molecule has 5 rings (SSSR count). The zero-order chi connectivity index (χ0) is 24.9. The van der Waals surface area contributed by atoms with Crippen LogP contribution >= 0.6 is 0 Å². The molecule has 172 valence electrons. The molecule has 0 saturated heterocycles. The fourth-order valence-electron chi connectivity index (χ4n) is 4.22. The van der Waals surface area contributed by atoms with Crippen LogP contribution < -0.4 is 0 Å². The third-order valence-corrected chi connectivity index (χ3v) is 5.95. The Hall–Kier alpha value is -5.14. The van der Waals surface area contributed by atoms with Gasteiger partial charge < -0.3 is 9.84 Å². The molecule has 0 atom stereocenters. The molecule has 1 N–H and O–H groups in total. The summed E-state index contributed by atoms with van der Waals surface area (Å²) in [6.07, 6.45) is 10.6. The number of aliphatic carboxylic acids is 1. The number of nitriles is 1. The molecule has 4 heteroatoms. The molecule has 0 spiro atoms. The number of ether oxygens (including phenoxy) is 1. The summed E-state index contributed by atoms with van der Waals surface area (Å²) < 4.78 is 6.07. The number of hydrogen-bond donors (Lipinski definition) is 1. The van der Waals surface area contributed by atoms with Gasteiger partial charge in [-0.25, -0.2) is 4.79 Å². The maximum atomic E-state index is 11.7. The van der Waals surface area contributed by atoms with Crippen LogP contribution in [-0.2, 0) is 9.53 Å². The van der Waals surface area contributed by atoms with E-state index < -0.39 is 5.97 Å². The highest BCUT2D eigenvalue weighted by molar-refractivity contribution is 5.94. The van der Waals surface area contributed by atoms with E-state index in [1.807, 2.05) is 72.8 Å². The molecule has 1 heterocycles. The second kappa shape index (κ2) is 10.0. The molecule has 0 saturated carbocycles. The lowest BCUT2D eigenvalue weighted by Crippen LogP contribution is -2.05. The number of nitrogens with zero attached hydrogens (tertiary/aromatic N) is 1. The van der Waals surface area contributed by atoms with Crippen LogP contribution in [0.1, 0.15) is 11.1 Å². The van der Waals surface area contributed by atoms with Crippen LogP contribution in [0.2, 0.25) is 0 Å². The van der Waals surface area contributed by atoms with E-state index >= 15 is 0 Å². The van der Waals surface area contributed by atoms with Crippen molar-refractivity contribution in [2.24, 2.45) is 0 Å². The van der Waals surface area contributed by atoms with Crippen molar-refractivity contribution in [1.29, 1.82) is 5.26 Å². The van der Waals surface area contributed by atoms with Crippen molar-refractivity contribution in [1.82, 2.24) is 0 Å². The maximum absolute atomic E-state index is 11.7. The van der Waals surface area contributed by atoms with Crippen LogP contribution in [0.5, 0.6) is 0 Å². The number of carboxylic acids is 1. The summed E-state index contributed by atoms with van der Waals surface area (Å²) in [5, 5.41) is 23.4. The molecule has 36 heavy (non-hydrogen) atoms. The molecule has 0 aliphatic carbocycles. The van der Waals surface area contributed by atoms with Crippen molar-refractivity contribution >= 4 is 39.7 Å². The van der Waals surface area contributed by atoms with Crippen molar-refractivity contribution in [2.75, 3.05) is 0 Å². The summed E-state index contributed by atoms with van der Waals surface area (Å²) in [6.45, 7) is 0. The Bertz CT molecular complexity index is 1580. The zero-order valence-electron chi connectivity index (χ0n) is 19.3. The SMILES string of the molecule is N#CC(C(=O)O)=C1C=C(/C=C/c2cccc3ccccc23)OC(/C=C/c2cccc3ccccc23)=C1. The van der Waals surface area contributed by atoms with Gasteiger partial charge in [-0.05, 0) is 57.0 Å². The lowest BCUT2D eigenvalue weighted by molar-refractivity contribution is -0.132. The third-order valence-electron chi connectivity index (χ3n) is 5.95. The number of rotatable bonds is 5. The van der Waals surface area contributed by atoms with Gasteiger partial charge in [0, 0.05) is 5.57 Å². The van der Waals surface area contributed by atoms with Gasteiger partial charge >= 0.3 is 5.97 Å². The normalized spacial score (nSPS) is 13.5. The van der Waals surface area contributed by atoms with Gasteiger partial charge in [0.05, 0.1) is 0 Å². The van der Waals surface area contributed by atoms with E-state index in [0.29, 0.717) is 11.5 Å². The first-order valence-corrected chi connectivity index (χ1v) is 11.4. The largest absolute Gasteiger partial charge is 0.477 e. The molecule has 1 aliphatic rings. The topological polar surface area (TPSA) is 70.3 Å². The molecule has 0 fully saturated rings. The standard InChI is InChI=1S/C32H21NO3/c33-21-31(32(34)35)26-19-27(17-15-24-11-5-9-22-7-1-3-13-29(22)24)36-28(20-26)18-16-25-12-6-10-23-8-2-4-14-30(23)25/h1-20H,(H,34,35)/b17-15+,18-16+. The highest BCUT2D eigenvalue weighted by Crippen LogP contribution is 2.27. The molecule has 0 bridgehead atoms. The Morgan fingerprint density at radius 1 is 0.694 bits per heavy atom. The molecule has 0 aromatic heterocycles. The minimum Gasteiger partial charge on any atom is -0.477 e. The predicted molar refractivity (Wildman–Crippen MR) is 143 cm³/mol. The minimum absolute atomic E-state index is 0.284. The molecule has 4 aromatic rings. The van der Waals surface area contributed by atoms with Gasteiger partial charge in [-0.15, -0.1) is 0 Å². The minimum atomic E-state index is -1.28. The van der Waals surface area contributed by atoms with Crippen LogP contribution in [0, 0.1) is 11.3 Å². The molecule has 0 radical (unpaired) electrons. The first-order valence-electron chi connectivity index (χ1n) is 11.4. The van der Waals surface area contributed by atoms with Crippen molar-refractivity contribution in [3.63, 3.8) is 0 Å². The molecule has 1 aliphatic heterocycles. The summed E-state index contributed by atoms with van der Waals surface area (Å²) >= 11 is 0. The summed E-state index contributed by atoms with van der Waals surface area (Å²) in [7, 11) is 0. The van der Waals surface area contributed by atoms with Gasteiger partial charge in [0.15, 0.2) is 0 Å². The monoisotopic (exact) mass is 467 g/mol. The molecule has 0 amide bonds. The maximum Gasteiger partial charge on any atom is 0.347 e. The second-order valence-corrected chi connectivity index (χ2v) is 8.25. The predicted octanol–water partition coefficient (Wildman–Crippen LogP) is 7.42. The highest BCUT2D eigenvalue weighted by atomic mass is 16.5. The first kappa shape index (κ1) is 22.6. The number of carbonyl (C=O) groups is 1. The number of fused-ring (bicyclic) bond motifs is 2. The number of benzene rings is 4. The van der Waals surface area contributed by atoms with Crippen molar-refractivity contribution in [3.8, 4) is 6.07 Å². The van der Waals surface area contributed by atoms with Gasteiger partial charge in [0.1, 0.15) is 23.2 Å². The van der Waals surface area contributed by atoms with Gasteiger partial charge in [-0.2, -0.15) is 5.26 Å². The molecule has 4 nitrogen and oxygen atoms in total. The highest BCUT2D eigenvalue weighted by Gasteiger charge is 2.16. The van der Waals surface area contributed by atoms with Gasteiger partial charge in [0.2, 0.25) is 0 Å². The van der Waals surface area contributed by atoms with Crippen LogP contribution in [0.4, 0.5) is 0 Å². The van der Waals surface area contributed by atoms with Crippen LogP contribution in [0.3, 0.4) is 0 Å². The Labute approximate surface area is 208 Å². The van der Waals surface area contributed by atoms with Crippen molar-refractivity contribution < 1.29 is 14.6 Å². The molecule has 0 unspecified atom stereocenters. The van der Waals surface area contributed by atoms with Crippen LogP contribution in [0.25, 0.3) is 33.7 Å². The molecular formula is C32H21NO3. The Morgan fingerprint density at radius 2 is 1.17 bits per heavy atom. The average Bonchev–Trinajstić information content (AvgIpc) is 2.91. The van der Waals surface area contributed by atoms with Crippen molar-refractivity contribution in [3.05, 3.63) is 143 Å². The van der Waals surface area contributed by atoms with E-state index in [4.69, 9.17) is 4.74 Å². The summed E-state index contributed by atoms with van der Waals surface area (Å²) in [4.78, 5) is 11.7. The zero-order valence-corrected chi connectivity index (χ0v) is 19.3. The van der Waals surface area contributed by atoms with Crippen molar-refractivity contribution in [2.45, 2.75) is 0 Å². The van der Waals surface area contributed by atoms with Gasteiger partial charge in [-0.1, -0.05) is 97.1 Å². The van der Waals surface area contributed by atoms with E-state index in [-0.39, 0.29) is 11.1 Å².